The quantitative estimate of drug-likeness (QED) is 0.312. The minimum atomic E-state index is -1.31. The molecule has 1 aromatic rings. The molecule has 0 spiro atoms. The molecule has 2 aliphatic heterocycles. The normalized spacial score (nSPS) is 26.4. The van der Waals surface area contributed by atoms with Crippen molar-refractivity contribution >= 4 is 29.6 Å². The van der Waals surface area contributed by atoms with Crippen LogP contribution in [0, 0.1) is 0 Å². The molecule has 0 unspecified atom stereocenters. The summed E-state index contributed by atoms with van der Waals surface area (Å²) < 4.78 is 38.2. The van der Waals surface area contributed by atoms with Gasteiger partial charge in [0.2, 0.25) is 0 Å². The molecule has 0 saturated carbocycles. The van der Waals surface area contributed by atoms with Gasteiger partial charge in [-0.05, 0) is 29.8 Å². The molecule has 38 heavy (non-hydrogen) atoms. The van der Waals surface area contributed by atoms with Crippen LogP contribution in [0.3, 0.4) is 0 Å². The fourth-order valence-corrected chi connectivity index (χ4v) is 4.00. The first-order valence-electron chi connectivity index (χ1n) is 11.9. The molecule has 0 radical (unpaired) electrons. The monoisotopic (exact) mass is 537 g/mol. The fourth-order valence-electron chi connectivity index (χ4n) is 4.00. The van der Waals surface area contributed by atoms with Gasteiger partial charge in [-0.2, -0.15) is 0 Å². The standard InChI is InChI=1S/C25H31NO12/c1-13(27)32-12-21-22(34-14(2)28)23(35-15(3)29)24(36-16(4)30)25(37-21)33-11-19-10-20(26-38-19)17-6-8-18(31-5)9-7-17/h6-9,19,21-25H,10-12H2,1-5H3/t19-,21+,22+,23-,24+,25-/m1/s1. The highest BCUT2D eigenvalue weighted by Crippen LogP contribution is 2.30. The summed E-state index contributed by atoms with van der Waals surface area (Å²) in [5.41, 5.74) is 1.54. The van der Waals surface area contributed by atoms with Crippen LogP contribution in [0.1, 0.15) is 39.7 Å². The second-order valence-electron chi connectivity index (χ2n) is 8.60. The maximum absolute atomic E-state index is 11.9. The Balaban J connectivity index is 1.76. The Morgan fingerprint density at radius 1 is 0.842 bits per heavy atom. The van der Waals surface area contributed by atoms with Gasteiger partial charge in [0.05, 0.1) is 19.4 Å². The van der Waals surface area contributed by atoms with Crippen molar-refractivity contribution in [2.24, 2.45) is 5.16 Å². The summed E-state index contributed by atoms with van der Waals surface area (Å²) in [6.07, 6.45) is -6.35. The summed E-state index contributed by atoms with van der Waals surface area (Å²) in [7, 11) is 1.58. The van der Waals surface area contributed by atoms with Crippen LogP contribution in [-0.2, 0) is 52.4 Å². The zero-order valence-corrected chi connectivity index (χ0v) is 21.7. The van der Waals surface area contributed by atoms with Crippen LogP contribution in [0.5, 0.6) is 5.75 Å². The predicted molar refractivity (Wildman–Crippen MR) is 127 cm³/mol. The van der Waals surface area contributed by atoms with E-state index in [-0.39, 0.29) is 13.2 Å². The number of methoxy groups -OCH3 is 1. The van der Waals surface area contributed by atoms with Gasteiger partial charge in [0.25, 0.3) is 0 Å². The van der Waals surface area contributed by atoms with Crippen LogP contribution >= 0.6 is 0 Å². The average molecular weight is 538 g/mol. The molecule has 0 aromatic heterocycles. The van der Waals surface area contributed by atoms with Gasteiger partial charge in [-0.25, -0.2) is 0 Å². The highest BCUT2D eigenvalue weighted by Gasteiger charge is 2.53. The summed E-state index contributed by atoms with van der Waals surface area (Å²) in [4.78, 5) is 52.6. The fraction of sp³-hybridized carbons (Fsp3) is 0.560. The zero-order valence-electron chi connectivity index (χ0n) is 21.7. The lowest BCUT2D eigenvalue weighted by atomic mass is 9.98. The van der Waals surface area contributed by atoms with Crippen LogP contribution in [-0.4, -0.2) is 86.7 Å². The second-order valence-corrected chi connectivity index (χ2v) is 8.60. The van der Waals surface area contributed by atoms with Gasteiger partial charge in [0.1, 0.15) is 18.5 Å². The molecule has 0 aliphatic carbocycles. The van der Waals surface area contributed by atoms with Crippen molar-refractivity contribution in [2.45, 2.75) is 70.9 Å². The molecular weight excluding hydrogens is 506 g/mol. The maximum Gasteiger partial charge on any atom is 0.303 e. The van der Waals surface area contributed by atoms with Crippen molar-refractivity contribution in [3.05, 3.63) is 29.8 Å². The summed E-state index contributed by atoms with van der Waals surface area (Å²) in [6, 6.07) is 7.31. The van der Waals surface area contributed by atoms with E-state index in [4.69, 9.17) is 38.0 Å². The first kappa shape index (κ1) is 28.9. The molecule has 6 atom stereocenters. The Morgan fingerprint density at radius 2 is 1.45 bits per heavy atom. The molecule has 1 saturated heterocycles. The Morgan fingerprint density at radius 3 is 2.03 bits per heavy atom. The van der Waals surface area contributed by atoms with Gasteiger partial charge < -0.3 is 38.0 Å². The Labute approximate surface area is 219 Å². The van der Waals surface area contributed by atoms with E-state index in [0.717, 1.165) is 26.3 Å². The summed E-state index contributed by atoms with van der Waals surface area (Å²) >= 11 is 0. The molecule has 1 fully saturated rings. The lowest BCUT2D eigenvalue weighted by Crippen LogP contribution is -2.63. The van der Waals surface area contributed by atoms with E-state index in [1.165, 1.54) is 6.92 Å². The van der Waals surface area contributed by atoms with E-state index in [1.54, 1.807) is 19.2 Å². The molecule has 13 heteroatoms. The van der Waals surface area contributed by atoms with Gasteiger partial charge in [0, 0.05) is 34.1 Å². The number of hydrogen-bond donors (Lipinski definition) is 0. The topological polar surface area (TPSA) is 154 Å². The lowest BCUT2D eigenvalue weighted by molar-refractivity contribution is -0.311. The third-order valence-corrected chi connectivity index (χ3v) is 5.55. The lowest BCUT2D eigenvalue weighted by Gasteiger charge is -2.44. The van der Waals surface area contributed by atoms with E-state index in [0.29, 0.717) is 17.9 Å². The van der Waals surface area contributed by atoms with Gasteiger partial charge in [-0.3, -0.25) is 19.2 Å². The van der Waals surface area contributed by atoms with Crippen LogP contribution in [0.25, 0.3) is 0 Å². The summed E-state index contributed by atoms with van der Waals surface area (Å²) in [6.45, 7) is 4.25. The van der Waals surface area contributed by atoms with Crippen molar-refractivity contribution < 1.29 is 57.2 Å². The minimum Gasteiger partial charge on any atom is -0.497 e. The smallest absolute Gasteiger partial charge is 0.303 e. The van der Waals surface area contributed by atoms with E-state index >= 15 is 0 Å². The molecule has 2 heterocycles. The van der Waals surface area contributed by atoms with Crippen LogP contribution < -0.4 is 4.74 Å². The molecule has 13 nitrogen and oxygen atoms in total. The molecular formula is C25H31NO12. The SMILES string of the molecule is COc1ccc(C2=NO[C@@H](CO[C@@H]3O[C@@H](COC(C)=O)[C@H](OC(C)=O)[C@@H](OC(C)=O)[C@@H]3OC(C)=O)C2)cc1. The Bertz CT molecular complexity index is 1040. The van der Waals surface area contributed by atoms with Gasteiger partial charge >= 0.3 is 23.9 Å². The summed E-state index contributed by atoms with van der Waals surface area (Å²) in [5.74, 6) is -2.07. The highest BCUT2D eigenvalue weighted by atomic mass is 16.7. The molecule has 1 aromatic carbocycles. The van der Waals surface area contributed by atoms with Crippen molar-refractivity contribution in [3.8, 4) is 5.75 Å². The third-order valence-electron chi connectivity index (χ3n) is 5.55. The van der Waals surface area contributed by atoms with E-state index in [1.807, 2.05) is 12.1 Å². The van der Waals surface area contributed by atoms with Gasteiger partial charge in [0.15, 0.2) is 30.7 Å². The predicted octanol–water partition coefficient (Wildman–Crippen LogP) is 1.29. The van der Waals surface area contributed by atoms with Crippen LogP contribution in [0.15, 0.2) is 29.4 Å². The largest absolute Gasteiger partial charge is 0.497 e. The van der Waals surface area contributed by atoms with Crippen molar-refractivity contribution in [3.63, 3.8) is 0 Å². The van der Waals surface area contributed by atoms with E-state index in [2.05, 4.69) is 5.16 Å². The minimum absolute atomic E-state index is 0.0447. The van der Waals surface area contributed by atoms with Gasteiger partial charge in [-0.15, -0.1) is 0 Å². The average Bonchev–Trinajstić information content (AvgIpc) is 3.33. The number of oxime groups is 1. The Kier molecular flexibility index (Phi) is 10.0. The van der Waals surface area contributed by atoms with Crippen LogP contribution in [0.2, 0.25) is 0 Å². The van der Waals surface area contributed by atoms with Crippen molar-refractivity contribution in [1.82, 2.24) is 0 Å². The molecule has 3 rings (SSSR count). The van der Waals surface area contributed by atoms with E-state index in [9.17, 15) is 19.2 Å². The number of nitrogens with zero attached hydrogens (tertiary/aromatic N) is 1. The molecule has 208 valence electrons. The van der Waals surface area contributed by atoms with Crippen LogP contribution in [0.4, 0.5) is 0 Å². The first-order chi connectivity index (χ1) is 18.1. The van der Waals surface area contributed by atoms with Crippen molar-refractivity contribution in [1.29, 1.82) is 0 Å². The number of rotatable bonds is 10. The Hall–Kier alpha value is -3.71. The second kappa shape index (κ2) is 13.2. The summed E-state index contributed by atoms with van der Waals surface area (Å²) in [5, 5.41) is 4.12. The van der Waals surface area contributed by atoms with E-state index < -0.39 is 60.7 Å². The van der Waals surface area contributed by atoms with Gasteiger partial charge in [-0.1, -0.05) is 5.16 Å². The molecule has 0 bridgehead atoms. The first-order valence-corrected chi connectivity index (χ1v) is 11.9. The number of carbonyl (C=O) groups excluding carboxylic acids is 4. The maximum atomic E-state index is 11.9. The number of hydrogen-bond acceptors (Lipinski definition) is 13. The third kappa shape index (κ3) is 7.89. The molecule has 0 N–H and O–H groups in total. The molecule has 0 amide bonds. The number of benzene rings is 1. The zero-order chi connectivity index (χ0) is 27.8. The number of ether oxygens (including phenoxy) is 7. The number of carbonyl (C=O) groups is 4. The number of esters is 4. The molecule has 2 aliphatic rings. The highest BCUT2D eigenvalue weighted by molar-refractivity contribution is 6.01. The van der Waals surface area contributed by atoms with Crippen molar-refractivity contribution in [2.75, 3.05) is 20.3 Å².